The van der Waals surface area contributed by atoms with E-state index in [0.717, 1.165) is 5.56 Å². The van der Waals surface area contributed by atoms with Gasteiger partial charge in [0.1, 0.15) is 0 Å². The second-order valence-electron chi connectivity index (χ2n) is 2.79. The summed E-state index contributed by atoms with van der Waals surface area (Å²) in [6.07, 6.45) is 0.324. The van der Waals surface area contributed by atoms with E-state index in [4.69, 9.17) is 0 Å². The minimum atomic E-state index is -0.124. The van der Waals surface area contributed by atoms with Crippen molar-refractivity contribution in [3.63, 3.8) is 0 Å². The number of carbonyl (C=O) groups excluding carboxylic acids is 2. The van der Waals surface area contributed by atoms with Gasteiger partial charge in [-0.05, 0) is 5.56 Å². The Hall–Kier alpha value is -0.910. The smallest absolute Gasteiger partial charge is 0.224 e. The van der Waals surface area contributed by atoms with Crippen LogP contribution in [-0.4, -0.2) is 16.2 Å². The highest BCUT2D eigenvalue weighted by Gasteiger charge is 2.03. The molecule has 1 amide bonds. The predicted octanol–water partition coefficient (Wildman–Crippen LogP) is 1.31. The Kier molecular flexibility index (Phi) is 4.58. The van der Waals surface area contributed by atoms with Crippen molar-refractivity contribution in [2.75, 3.05) is 6.54 Å². The molecule has 1 rings (SSSR count). The lowest BCUT2D eigenvalue weighted by Crippen LogP contribution is -2.28. The maximum atomic E-state index is 11.3. The van der Waals surface area contributed by atoms with Crippen LogP contribution in [0, 0.1) is 0 Å². The van der Waals surface area contributed by atoms with Crippen LogP contribution in [0.15, 0.2) is 30.3 Å². The first-order valence-electron chi connectivity index (χ1n) is 4.17. The van der Waals surface area contributed by atoms with Gasteiger partial charge in [-0.2, -0.15) is 0 Å². The minimum absolute atomic E-state index is 0.0657. The van der Waals surface area contributed by atoms with Crippen molar-refractivity contribution in [1.82, 2.24) is 5.32 Å². The van der Waals surface area contributed by atoms with Gasteiger partial charge < -0.3 is 5.32 Å². The Labute approximate surface area is 96.0 Å². The molecule has 0 radical (unpaired) electrons. The quantitative estimate of drug-likeness (QED) is 0.673. The van der Waals surface area contributed by atoms with Gasteiger partial charge in [0.25, 0.3) is 0 Å². The molecule has 0 aliphatic rings. The van der Waals surface area contributed by atoms with E-state index in [0.29, 0.717) is 6.42 Å². The lowest BCUT2D eigenvalue weighted by atomic mass is 10.1. The van der Waals surface area contributed by atoms with Crippen LogP contribution in [0.1, 0.15) is 5.56 Å². The van der Waals surface area contributed by atoms with Gasteiger partial charge in [0.2, 0.25) is 9.70 Å². The fourth-order valence-electron chi connectivity index (χ4n) is 1.01. The molecule has 0 fully saturated rings. The summed E-state index contributed by atoms with van der Waals surface area (Å²) < 4.78 is -0.0657. The number of nitrogens with one attached hydrogen (secondary N) is 1. The highest BCUT2D eigenvalue weighted by molar-refractivity contribution is 14.1. The zero-order valence-electron chi connectivity index (χ0n) is 7.50. The molecular weight excluding hydrogens is 293 g/mol. The number of halogens is 1. The van der Waals surface area contributed by atoms with E-state index >= 15 is 0 Å². The average molecular weight is 303 g/mol. The molecule has 3 nitrogen and oxygen atoms in total. The fraction of sp³-hybridized carbons (Fsp3) is 0.200. The Balaban J connectivity index is 2.38. The second kappa shape index (κ2) is 5.74. The van der Waals surface area contributed by atoms with Gasteiger partial charge in [0.15, 0.2) is 0 Å². The summed E-state index contributed by atoms with van der Waals surface area (Å²) in [7, 11) is 0. The van der Waals surface area contributed by atoms with Gasteiger partial charge in [-0.15, -0.1) is 0 Å². The summed E-state index contributed by atoms with van der Waals surface area (Å²) in [5.41, 5.74) is 0.950. The molecule has 0 heterocycles. The zero-order chi connectivity index (χ0) is 10.4. The molecule has 1 aromatic carbocycles. The van der Waals surface area contributed by atoms with Crippen LogP contribution in [0.5, 0.6) is 0 Å². The first-order valence-corrected chi connectivity index (χ1v) is 5.25. The maximum Gasteiger partial charge on any atom is 0.224 e. The summed E-state index contributed by atoms with van der Waals surface area (Å²) in [4.78, 5) is 21.8. The van der Waals surface area contributed by atoms with Crippen LogP contribution in [0.3, 0.4) is 0 Å². The number of hydrogen-bond acceptors (Lipinski definition) is 2. The largest absolute Gasteiger partial charge is 0.348 e. The van der Waals surface area contributed by atoms with Crippen molar-refractivity contribution in [3.8, 4) is 0 Å². The zero-order valence-corrected chi connectivity index (χ0v) is 9.65. The molecule has 0 unspecified atom stereocenters. The maximum absolute atomic E-state index is 11.3. The monoisotopic (exact) mass is 303 g/mol. The predicted molar refractivity (Wildman–Crippen MR) is 62.2 cm³/mol. The molecule has 0 atom stereocenters. The van der Waals surface area contributed by atoms with E-state index in [1.807, 2.05) is 30.3 Å². The molecule has 0 aliphatic carbocycles. The van der Waals surface area contributed by atoms with E-state index in [-0.39, 0.29) is 16.2 Å². The third-order valence-corrected chi connectivity index (χ3v) is 2.01. The van der Waals surface area contributed by atoms with Crippen LogP contribution in [-0.2, 0) is 16.0 Å². The number of benzene rings is 1. The van der Waals surface area contributed by atoms with Crippen LogP contribution in [0.2, 0.25) is 0 Å². The van der Waals surface area contributed by atoms with Gasteiger partial charge in [0.05, 0.1) is 13.0 Å². The molecule has 0 spiro atoms. The summed E-state index contributed by atoms with van der Waals surface area (Å²) in [6, 6.07) is 9.42. The highest BCUT2D eigenvalue weighted by Crippen LogP contribution is 1.98. The standard InChI is InChI=1S/C10H10INO2/c11-9(13)7-12-10(14)6-8-4-2-1-3-5-8/h1-5H,6-7H2,(H,12,14). The summed E-state index contributed by atoms with van der Waals surface area (Å²) in [5, 5.41) is 2.53. The lowest BCUT2D eigenvalue weighted by Gasteiger charge is -2.01. The second-order valence-corrected chi connectivity index (χ2v) is 4.00. The van der Waals surface area contributed by atoms with E-state index < -0.39 is 0 Å². The van der Waals surface area contributed by atoms with Crippen molar-refractivity contribution in [1.29, 1.82) is 0 Å². The topological polar surface area (TPSA) is 46.2 Å². The molecule has 74 valence electrons. The van der Waals surface area contributed by atoms with Gasteiger partial charge >= 0.3 is 0 Å². The van der Waals surface area contributed by atoms with Crippen molar-refractivity contribution in [3.05, 3.63) is 35.9 Å². The molecule has 0 aliphatic heterocycles. The van der Waals surface area contributed by atoms with Gasteiger partial charge in [-0.25, -0.2) is 0 Å². The average Bonchev–Trinajstić information content (AvgIpc) is 2.16. The lowest BCUT2D eigenvalue weighted by molar-refractivity contribution is -0.122. The normalized spacial score (nSPS) is 9.50. The SMILES string of the molecule is O=C(I)CNC(=O)Cc1ccccc1. The Morgan fingerprint density at radius 1 is 1.21 bits per heavy atom. The Morgan fingerprint density at radius 3 is 2.43 bits per heavy atom. The van der Waals surface area contributed by atoms with Crippen LogP contribution in [0.4, 0.5) is 0 Å². The number of carbonyl (C=O) groups is 2. The third kappa shape index (κ3) is 4.36. The van der Waals surface area contributed by atoms with E-state index in [2.05, 4.69) is 5.32 Å². The highest BCUT2D eigenvalue weighted by atomic mass is 127. The van der Waals surface area contributed by atoms with Crippen LogP contribution < -0.4 is 5.32 Å². The molecule has 1 N–H and O–H groups in total. The molecule has 1 aromatic rings. The van der Waals surface area contributed by atoms with Crippen molar-refractivity contribution in [2.45, 2.75) is 6.42 Å². The van der Waals surface area contributed by atoms with Crippen LogP contribution >= 0.6 is 22.6 Å². The Bertz CT molecular complexity index is 324. The first-order chi connectivity index (χ1) is 6.68. The molecular formula is C10H10INO2. The van der Waals surface area contributed by atoms with Crippen molar-refractivity contribution >= 4 is 32.3 Å². The fourth-order valence-corrected chi connectivity index (χ4v) is 1.20. The molecule has 0 aromatic heterocycles. The Morgan fingerprint density at radius 2 is 1.86 bits per heavy atom. The molecule has 0 saturated carbocycles. The molecule has 14 heavy (non-hydrogen) atoms. The number of rotatable bonds is 4. The minimum Gasteiger partial charge on any atom is -0.348 e. The summed E-state index contributed by atoms with van der Waals surface area (Å²) in [6.45, 7) is 0.103. The summed E-state index contributed by atoms with van der Waals surface area (Å²) in [5.74, 6) is -0.124. The van der Waals surface area contributed by atoms with E-state index in [1.54, 1.807) is 22.6 Å². The van der Waals surface area contributed by atoms with Gasteiger partial charge in [-0.3, -0.25) is 9.59 Å². The van der Waals surface area contributed by atoms with Crippen LogP contribution in [0.25, 0.3) is 0 Å². The third-order valence-electron chi connectivity index (χ3n) is 1.63. The van der Waals surface area contributed by atoms with E-state index in [9.17, 15) is 9.59 Å². The van der Waals surface area contributed by atoms with Gasteiger partial charge in [-0.1, -0.05) is 30.3 Å². The van der Waals surface area contributed by atoms with E-state index in [1.165, 1.54) is 0 Å². The molecule has 4 heteroatoms. The van der Waals surface area contributed by atoms with Gasteiger partial charge in [0, 0.05) is 22.6 Å². The summed E-state index contributed by atoms with van der Waals surface area (Å²) >= 11 is 1.65. The number of hydrogen-bond donors (Lipinski definition) is 1. The number of amides is 1. The molecule has 0 saturated heterocycles. The molecule has 0 bridgehead atoms. The van der Waals surface area contributed by atoms with Crippen molar-refractivity contribution in [2.24, 2.45) is 0 Å². The van der Waals surface area contributed by atoms with Crippen molar-refractivity contribution < 1.29 is 9.59 Å². The first kappa shape index (κ1) is 11.2.